The largest absolute Gasteiger partial charge is 0.493 e. The number of thioether (sulfide) groups is 1. The van der Waals surface area contributed by atoms with Crippen molar-refractivity contribution >= 4 is 23.6 Å². The molecule has 7 heteroatoms. The fourth-order valence-corrected chi connectivity index (χ4v) is 4.05. The van der Waals surface area contributed by atoms with Gasteiger partial charge in [0.2, 0.25) is 5.91 Å². The number of benzene rings is 2. The van der Waals surface area contributed by atoms with Crippen LogP contribution >= 0.6 is 11.8 Å². The molecule has 1 atom stereocenters. The Morgan fingerprint density at radius 3 is 2.56 bits per heavy atom. The summed E-state index contributed by atoms with van der Waals surface area (Å²) in [5, 5.41) is 2.93. The van der Waals surface area contributed by atoms with Crippen LogP contribution in [0.5, 0.6) is 11.5 Å². The van der Waals surface area contributed by atoms with Crippen molar-refractivity contribution in [1.82, 2.24) is 10.2 Å². The van der Waals surface area contributed by atoms with E-state index < -0.39 is 6.04 Å². The zero-order valence-corrected chi connectivity index (χ0v) is 16.1. The van der Waals surface area contributed by atoms with Gasteiger partial charge in [-0.05, 0) is 23.8 Å². The van der Waals surface area contributed by atoms with Gasteiger partial charge in [-0.25, -0.2) is 0 Å². The van der Waals surface area contributed by atoms with Crippen molar-refractivity contribution in [2.45, 2.75) is 12.6 Å². The molecule has 1 aliphatic rings. The molecular formula is C20H22N2O4S. The molecule has 1 aliphatic heterocycles. The van der Waals surface area contributed by atoms with E-state index in [0.29, 0.717) is 35.2 Å². The average Bonchev–Trinajstić information content (AvgIpc) is 3.21. The fourth-order valence-electron chi connectivity index (χ4n) is 2.90. The lowest BCUT2D eigenvalue weighted by Gasteiger charge is -2.23. The van der Waals surface area contributed by atoms with E-state index in [4.69, 9.17) is 9.47 Å². The van der Waals surface area contributed by atoms with Gasteiger partial charge in [-0.1, -0.05) is 30.3 Å². The van der Waals surface area contributed by atoms with E-state index in [9.17, 15) is 9.59 Å². The summed E-state index contributed by atoms with van der Waals surface area (Å²) < 4.78 is 10.5. The molecule has 0 aliphatic carbocycles. The van der Waals surface area contributed by atoms with Gasteiger partial charge in [-0.3, -0.25) is 9.59 Å². The molecule has 0 saturated carbocycles. The molecule has 27 heavy (non-hydrogen) atoms. The third kappa shape index (κ3) is 4.36. The molecule has 6 nitrogen and oxygen atoms in total. The first-order valence-electron chi connectivity index (χ1n) is 8.56. The normalized spacial score (nSPS) is 16.1. The third-order valence-corrected chi connectivity index (χ3v) is 5.40. The lowest BCUT2D eigenvalue weighted by Crippen LogP contribution is -2.47. The van der Waals surface area contributed by atoms with E-state index in [1.165, 1.54) is 7.11 Å². The molecule has 3 rings (SSSR count). The van der Waals surface area contributed by atoms with Crippen LogP contribution in [0.25, 0.3) is 0 Å². The molecule has 0 radical (unpaired) electrons. The molecule has 1 unspecified atom stereocenters. The van der Waals surface area contributed by atoms with Gasteiger partial charge in [0, 0.05) is 17.9 Å². The maximum Gasteiger partial charge on any atom is 0.255 e. The quantitative estimate of drug-likeness (QED) is 0.826. The maximum atomic E-state index is 12.9. The Bertz CT molecular complexity index is 813. The van der Waals surface area contributed by atoms with Crippen LogP contribution in [-0.4, -0.2) is 48.6 Å². The van der Waals surface area contributed by atoms with Gasteiger partial charge in [0.05, 0.1) is 20.1 Å². The van der Waals surface area contributed by atoms with E-state index >= 15 is 0 Å². The van der Waals surface area contributed by atoms with E-state index in [0.717, 1.165) is 5.56 Å². The zero-order valence-electron chi connectivity index (χ0n) is 15.3. The summed E-state index contributed by atoms with van der Waals surface area (Å²) in [5.74, 6) is 1.77. The standard InChI is InChI=1S/C20H22N2O4S/c1-25-17-9-8-15(10-18(17)26-2)20(24)22-13-27-12-16(22)19(23)21-11-14-6-4-3-5-7-14/h3-10,16H,11-13H2,1-2H3,(H,21,23). The summed E-state index contributed by atoms with van der Waals surface area (Å²) in [4.78, 5) is 27.2. The van der Waals surface area contributed by atoms with Crippen LogP contribution in [0.4, 0.5) is 0 Å². The van der Waals surface area contributed by atoms with Crippen molar-refractivity contribution in [3.63, 3.8) is 0 Å². The number of carbonyl (C=O) groups excluding carboxylic acids is 2. The molecule has 142 valence electrons. The molecule has 1 heterocycles. The van der Waals surface area contributed by atoms with E-state index in [1.807, 2.05) is 30.3 Å². The first kappa shape index (κ1) is 19.1. The van der Waals surface area contributed by atoms with Gasteiger partial charge in [-0.2, -0.15) is 0 Å². The zero-order chi connectivity index (χ0) is 19.2. The van der Waals surface area contributed by atoms with Crippen LogP contribution in [0.3, 0.4) is 0 Å². The van der Waals surface area contributed by atoms with Crippen LogP contribution in [0, 0.1) is 0 Å². The number of hydrogen-bond acceptors (Lipinski definition) is 5. The predicted octanol–water partition coefficient (Wildman–Crippen LogP) is 2.54. The monoisotopic (exact) mass is 386 g/mol. The topological polar surface area (TPSA) is 67.9 Å². The van der Waals surface area contributed by atoms with Gasteiger partial charge in [0.25, 0.3) is 5.91 Å². The highest BCUT2D eigenvalue weighted by atomic mass is 32.2. The minimum Gasteiger partial charge on any atom is -0.493 e. The lowest BCUT2D eigenvalue weighted by molar-refractivity contribution is -0.124. The van der Waals surface area contributed by atoms with Gasteiger partial charge in [-0.15, -0.1) is 11.8 Å². The molecule has 2 amide bonds. The minimum absolute atomic E-state index is 0.141. The fraction of sp³-hybridized carbons (Fsp3) is 0.300. The Morgan fingerprint density at radius 2 is 1.85 bits per heavy atom. The van der Waals surface area contributed by atoms with Crippen molar-refractivity contribution in [3.8, 4) is 11.5 Å². The highest BCUT2D eigenvalue weighted by molar-refractivity contribution is 7.99. The molecule has 2 aromatic rings. The van der Waals surface area contributed by atoms with E-state index in [1.54, 1.807) is 42.0 Å². The van der Waals surface area contributed by atoms with Gasteiger partial charge < -0.3 is 19.7 Å². The molecule has 1 fully saturated rings. The third-order valence-electron chi connectivity index (χ3n) is 4.39. The maximum absolute atomic E-state index is 12.9. The highest BCUT2D eigenvalue weighted by Gasteiger charge is 2.35. The van der Waals surface area contributed by atoms with Crippen molar-refractivity contribution in [3.05, 3.63) is 59.7 Å². The Kier molecular flexibility index (Phi) is 6.24. The van der Waals surface area contributed by atoms with Crippen molar-refractivity contribution in [2.75, 3.05) is 25.8 Å². The van der Waals surface area contributed by atoms with Crippen molar-refractivity contribution < 1.29 is 19.1 Å². The second-order valence-corrected chi connectivity index (χ2v) is 7.06. The molecule has 0 aromatic heterocycles. The molecule has 1 saturated heterocycles. The summed E-state index contributed by atoms with van der Waals surface area (Å²) in [7, 11) is 3.07. The van der Waals surface area contributed by atoms with Gasteiger partial charge >= 0.3 is 0 Å². The molecule has 0 spiro atoms. The van der Waals surface area contributed by atoms with Gasteiger partial charge in [0.1, 0.15) is 6.04 Å². The second-order valence-electron chi connectivity index (χ2n) is 6.06. The SMILES string of the molecule is COc1ccc(C(=O)N2CSCC2C(=O)NCc2ccccc2)cc1OC. The van der Waals surface area contributed by atoms with E-state index in [2.05, 4.69) is 5.32 Å². The molecule has 1 N–H and O–H groups in total. The summed E-state index contributed by atoms with van der Waals surface area (Å²) in [5.41, 5.74) is 1.49. The molecule has 0 bridgehead atoms. The van der Waals surface area contributed by atoms with Crippen LogP contribution in [0.2, 0.25) is 0 Å². The second kappa shape index (κ2) is 8.81. The predicted molar refractivity (Wildman–Crippen MR) is 105 cm³/mol. The molecular weight excluding hydrogens is 364 g/mol. The summed E-state index contributed by atoms with van der Waals surface area (Å²) in [6.45, 7) is 0.444. The van der Waals surface area contributed by atoms with Gasteiger partial charge in [0.15, 0.2) is 11.5 Å². The number of nitrogens with one attached hydrogen (secondary N) is 1. The molecule has 2 aromatic carbocycles. The van der Waals surface area contributed by atoms with Crippen LogP contribution in [0.15, 0.2) is 48.5 Å². The summed E-state index contributed by atoms with van der Waals surface area (Å²) in [6.07, 6.45) is 0. The average molecular weight is 386 g/mol. The highest BCUT2D eigenvalue weighted by Crippen LogP contribution is 2.30. The number of amides is 2. The van der Waals surface area contributed by atoms with Crippen molar-refractivity contribution in [2.24, 2.45) is 0 Å². The van der Waals surface area contributed by atoms with E-state index in [-0.39, 0.29) is 11.8 Å². The Labute approximate surface area is 162 Å². The summed E-state index contributed by atoms with van der Waals surface area (Å²) in [6, 6.07) is 14.2. The van der Waals surface area contributed by atoms with Crippen LogP contribution in [-0.2, 0) is 11.3 Å². The first-order chi connectivity index (χ1) is 13.1. The van der Waals surface area contributed by atoms with Crippen molar-refractivity contribution in [1.29, 1.82) is 0 Å². The Morgan fingerprint density at radius 1 is 1.11 bits per heavy atom. The number of ether oxygens (including phenoxy) is 2. The van der Waals surface area contributed by atoms with Crippen LogP contribution < -0.4 is 14.8 Å². The van der Waals surface area contributed by atoms with Crippen LogP contribution in [0.1, 0.15) is 15.9 Å². The first-order valence-corrected chi connectivity index (χ1v) is 9.72. The Balaban J connectivity index is 1.69. The number of methoxy groups -OCH3 is 2. The Hall–Kier alpha value is -2.67. The lowest BCUT2D eigenvalue weighted by atomic mass is 10.1. The number of hydrogen-bond donors (Lipinski definition) is 1. The number of rotatable bonds is 6. The number of carbonyl (C=O) groups is 2. The minimum atomic E-state index is -0.487. The smallest absolute Gasteiger partial charge is 0.255 e. The number of nitrogens with zero attached hydrogens (tertiary/aromatic N) is 1. The summed E-state index contributed by atoms with van der Waals surface area (Å²) >= 11 is 1.57.